The van der Waals surface area contributed by atoms with E-state index < -0.39 is 11.3 Å². The molecule has 158 valence electrons. The molecule has 0 aliphatic rings. The fourth-order valence-corrected chi connectivity index (χ4v) is 3.71. The molecule has 1 N–H and O–H groups in total. The number of hydrogen-bond donors (Lipinski definition) is 1. The number of nitrogens with zero attached hydrogens (tertiary/aromatic N) is 1. The molecule has 2 aromatic carbocycles. The second-order valence-electron chi connectivity index (χ2n) is 6.91. The van der Waals surface area contributed by atoms with Gasteiger partial charge in [-0.15, -0.1) is 0 Å². The Morgan fingerprint density at radius 2 is 2.00 bits per heavy atom. The number of unbranched alkanes of at least 4 members (excludes halogenated alkanes) is 1. The van der Waals surface area contributed by atoms with Crippen LogP contribution in [0.25, 0.3) is 21.9 Å². The molecule has 6 nitrogen and oxygen atoms in total. The third-order valence-electron chi connectivity index (χ3n) is 4.71. The van der Waals surface area contributed by atoms with E-state index in [1.54, 1.807) is 24.4 Å². The van der Waals surface area contributed by atoms with Crippen molar-refractivity contribution in [1.29, 1.82) is 0 Å². The molecular formula is C23H18Cl2N2O4. The van der Waals surface area contributed by atoms with Crippen molar-refractivity contribution in [3.63, 3.8) is 0 Å². The number of aromatic nitrogens is 1. The van der Waals surface area contributed by atoms with Gasteiger partial charge in [0.2, 0.25) is 0 Å². The van der Waals surface area contributed by atoms with Crippen molar-refractivity contribution in [2.75, 3.05) is 11.9 Å². The van der Waals surface area contributed by atoms with Crippen LogP contribution >= 0.6 is 23.2 Å². The standard InChI is InChI=1S/C23H18Cl2N2O4/c1-2-3-9-30-19-7-6-17(14-5-4-8-26-21(14)19)27-23(29)20-12-18(28)15-10-13(24)11-16(25)22(15)31-20/h4-8,10-12H,2-3,9H2,1H3,(H,27,29). The average molecular weight is 457 g/mol. The Kier molecular flexibility index (Phi) is 6.11. The number of amides is 1. The number of hydrogen-bond acceptors (Lipinski definition) is 5. The topological polar surface area (TPSA) is 81.4 Å². The van der Waals surface area contributed by atoms with Crippen LogP contribution < -0.4 is 15.5 Å². The SMILES string of the molecule is CCCCOc1ccc(NC(=O)c2cc(=O)c3cc(Cl)cc(Cl)c3o2)c2cccnc12. The summed E-state index contributed by atoms with van der Waals surface area (Å²) in [6.45, 7) is 2.67. The van der Waals surface area contributed by atoms with Crippen LogP contribution in [0.5, 0.6) is 5.75 Å². The summed E-state index contributed by atoms with van der Waals surface area (Å²) in [7, 11) is 0. The first-order valence-electron chi connectivity index (χ1n) is 9.72. The van der Waals surface area contributed by atoms with Gasteiger partial charge in [-0.2, -0.15) is 0 Å². The summed E-state index contributed by atoms with van der Waals surface area (Å²) < 4.78 is 11.5. The van der Waals surface area contributed by atoms with Crippen LogP contribution in [0.1, 0.15) is 30.3 Å². The lowest BCUT2D eigenvalue weighted by Crippen LogP contribution is -2.15. The van der Waals surface area contributed by atoms with Gasteiger partial charge in [-0.1, -0.05) is 36.5 Å². The van der Waals surface area contributed by atoms with Crippen LogP contribution in [0.3, 0.4) is 0 Å². The van der Waals surface area contributed by atoms with E-state index in [1.165, 1.54) is 12.1 Å². The van der Waals surface area contributed by atoms with Gasteiger partial charge in [0.25, 0.3) is 5.91 Å². The third kappa shape index (κ3) is 4.36. The highest BCUT2D eigenvalue weighted by Gasteiger charge is 2.17. The van der Waals surface area contributed by atoms with Gasteiger partial charge in [0.15, 0.2) is 16.8 Å². The fraction of sp³-hybridized carbons (Fsp3) is 0.174. The molecule has 4 rings (SSSR count). The zero-order chi connectivity index (χ0) is 22.0. The Labute approximate surface area is 187 Å². The number of anilines is 1. The zero-order valence-electron chi connectivity index (χ0n) is 16.6. The Morgan fingerprint density at radius 3 is 2.81 bits per heavy atom. The number of pyridine rings is 1. The van der Waals surface area contributed by atoms with Crippen molar-refractivity contribution < 1.29 is 13.9 Å². The van der Waals surface area contributed by atoms with E-state index in [0.29, 0.717) is 34.0 Å². The van der Waals surface area contributed by atoms with E-state index in [1.807, 2.05) is 6.07 Å². The molecule has 0 saturated heterocycles. The molecule has 0 unspecified atom stereocenters. The van der Waals surface area contributed by atoms with Crippen molar-refractivity contribution in [1.82, 2.24) is 4.98 Å². The second-order valence-corrected chi connectivity index (χ2v) is 7.75. The van der Waals surface area contributed by atoms with Crippen LogP contribution in [0.15, 0.2) is 57.9 Å². The van der Waals surface area contributed by atoms with Gasteiger partial charge in [-0.3, -0.25) is 14.6 Å². The molecule has 0 spiro atoms. The molecule has 8 heteroatoms. The molecule has 2 heterocycles. The first-order valence-corrected chi connectivity index (χ1v) is 10.5. The van der Waals surface area contributed by atoms with Crippen LogP contribution in [-0.2, 0) is 0 Å². The molecule has 1 amide bonds. The highest BCUT2D eigenvalue weighted by molar-refractivity contribution is 6.38. The minimum Gasteiger partial charge on any atom is -0.491 e. The lowest BCUT2D eigenvalue weighted by molar-refractivity contribution is 0.0997. The summed E-state index contributed by atoms with van der Waals surface area (Å²) in [5.74, 6) is -0.111. The first-order chi connectivity index (χ1) is 15.0. The maximum atomic E-state index is 12.9. The number of benzene rings is 2. The van der Waals surface area contributed by atoms with Gasteiger partial charge in [-0.25, -0.2) is 0 Å². The normalized spacial score (nSPS) is 11.1. The highest BCUT2D eigenvalue weighted by Crippen LogP contribution is 2.31. The van der Waals surface area contributed by atoms with Crippen molar-refractivity contribution in [3.05, 3.63) is 74.7 Å². The number of carbonyl (C=O) groups excluding carboxylic acids is 1. The third-order valence-corrected chi connectivity index (χ3v) is 5.21. The van der Waals surface area contributed by atoms with E-state index in [9.17, 15) is 9.59 Å². The van der Waals surface area contributed by atoms with Crippen molar-refractivity contribution in [2.24, 2.45) is 0 Å². The van der Waals surface area contributed by atoms with Crippen molar-refractivity contribution in [3.8, 4) is 5.75 Å². The molecule has 0 fully saturated rings. The smallest absolute Gasteiger partial charge is 0.291 e. The number of ether oxygens (including phenoxy) is 1. The fourth-order valence-electron chi connectivity index (χ4n) is 3.18. The molecule has 2 aromatic heterocycles. The molecule has 0 aliphatic carbocycles. The zero-order valence-corrected chi connectivity index (χ0v) is 18.1. The van der Waals surface area contributed by atoms with Crippen LogP contribution in [0.4, 0.5) is 5.69 Å². The summed E-state index contributed by atoms with van der Waals surface area (Å²) in [4.78, 5) is 29.7. The molecule has 0 radical (unpaired) electrons. The van der Waals surface area contributed by atoms with Gasteiger partial charge < -0.3 is 14.5 Å². The van der Waals surface area contributed by atoms with E-state index in [2.05, 4.69) is 17.2 Å². The molecule has 4 aromatic rings. The minimum absolute atomic E-state index is 0.106. The monoisotopic (exact) mass is 456 g/mol. The molecule has 0 saturated carbocycles. The molecule has 31 heavy (non-hydrogen) atoms. The largest absolute Gasteiger partial charge is 0.491 e. The predicted octanol–water partition coefficient (Wildman–Crippen LogP) is 6.08. The first kappa shape index (κ1) is 21.2. The Balaban J connectivity index is 1.69. The maximum Gasteiger partial charge on any atom is 0.291 e. The summed E-state index contributed by atoms with van der Waals surface area (Å²) in [5.41, 5.74) is 0.840. The molecule has 0 aliphatic heterocycles. The summed E-state index contributed by atoms with van der Waals surface area (Å²) in [6, 6.07) is 11.1. The number of rotatable bonds is 6. The predicted molar refractivity (Wildman–Crippen MR) is 123 cm³/mol. The lowest BCUT2D eigenvalue weighted by Gasteiger charge is -2.12. The second kappa shape index (κ2) is 8.96. The van der Waals surface area contributed by atoms with Gasteiger partial charge in [-0.05, 0) is 42.8 Å². The summed E-state index contributed by atoms with van der Waals surface area (Å²) >= 11 is 12.1. The van der Waals surface area contributed by atoms with Crippen molar-refractivity contribution >= 4 is 56.7 Å². The highest BCUT2D eigenvalue weighted by atomic mass is 35.5. The number of fused-ring (bicyclic) bond motifs is 2. The van der Waals surface area contributed by atoms with E-state index in [0.717, 1.165) is 18.9 Å². The molecular weight excluding hydrogens is 439 g/mol. The quantitative estimate of drug-likeness (QED) is 0.355. The minimum atomic E-state index is -0.588. The Morgan fingerprint density at radius 1 is 1.16 bits per heavy atom. The Bertz CT molecular complexity index is 1350. The number of carbonyl (C=O) groups is 1. The van der Waals surface area contributed by atoms with Crippen LogP contribution in [-0.4, -0.2) is 17.5 Å². The molecule has 0 bridgehead atoms. The number of halogens is 2. The number of nitrogens with one attached hydrogen (secondary N) is 1. The van der Waals surface area contributed by atoms with E-state index in [-0.39, 0.29) is 21.8 Å². The van der Waals surface area contributed by atoms with Crippen molar-refractivity contribution in [2.45, 2.75) is 19.8 Å². The summed E-state index contributed by atoms with van der Waals surface area (Å²) in [6.07, 6.45) is 3.62. The Hall–Kier alpha value is -3.09. The average Bonchev–Trinajstić information content (AvgIpc) is 2.75. The van der Waals surface area contributed by atoms with Gasteiger partial charge in [0, 0.05) is 22.7 Å². The van der Waals surface area contributed by atoms with E-state index in [4.69, 9.17) is 32.4 Å². The summed E-state index contributed by atoms with van der Waals surface area (Å²) in [5, 5.41) is 4.15. The van der Waals surface area contributed by atoms with Crippen LogP contribution in [0, 0.1) is 0 Å². The van der Waals surface area contributed by atoms with Gasteiger partial charge >= 0.3 is 0 Å². The van der Waals surface area contributed by atoms with Gasteiger partial charge in [0.1, 0.15) is 11.3 Å². The lowest BCUT2D eigenvalue weighted by atomic mass is 10.1. The molecule has 0 atom stereocenters. The maximum absolute atomic E-state index is 12.9. The van der Waals surface area contributed by atoms with Gasteiger partial charge in [0.05, 0.1) is 22.7 Å². The van der Waals surface area contributed by atoms with E-state index >= 15 is 0 Å². The van der Waals surface area contributed by atoms with Crippen LogP contribution in [0.2, 0.25) is 10.0 Å².